The van der Waals surface area contributed by atoms with Gasteiger partial charge in [0.1, 0.15) is 0 Å². The number of allylic oxidation sites excluding steroid dienone is 1. The van der Waals surface area contributed by atoms with Crippen molar-refractivity contribution in [1.29, 1.82) is 0 Å². The van der Waals surface area contributed by atoms with Crippen molar-refractivity contribution in [2.45, 2.75) is 19.9 Å². The van der Waals surface area contributed by atoms with E-state index in [0.29, 0.717) is 0 Å². The maximum atomic E-state index is 11.2. The van der Waals surface area contributed by atoms with Crippen molar-refractivity contribution in [2.24, 2.45) is 10.3 Å². The van der Waals surface area contributed by atoms with Gasteiger partial charge in [-0.15, -0.1) is 5.11 Å². The van der Waals surface area contributed by atoms with E-state index in [0.717, 1.165) is 16.0 Å². The van der Waals surface area contributed by atoms with Crippen molar-refractivity contribution in [3.63, 3.8) is 0 Å². The molecule has 1 heterocycles. The van der Waals surface area contributed by atoms with E-state index in [1.807, 2.05) is 13.8 Å². The lowest BCUT2D eigenvalue weighted by atomic mass is 10.1. The molecule has 76 valence electrons. The average Bonchev–Trinajstić information content (AvgIpc) is 2.13. The minimum atomic E-state index is -0.156. The molecule has 5 nitrogen and oxygen atoms in total. The Labute approximate surface area is 83.4 Å². The van der Waals surface area contributed by atoms with Crippen LogP contribution in [0.25, 0.3) is 0 Å². The predicted molar refractivity (Wildman–Crippen MR) is 53.5 cm³/mol. The molecule has 1 aliphatic rings. The van der Waals surface area contributed by atoms with Gasteiger partial charge < -0.3 is 0 Å². The van der Waals surface area contributed by atoms with Gasteiger partial charge in [-0.25, -0.2) is 0 Å². The van der Waals surface area contributed by atoms with Gasteiger partial charge in [-0.3, -0.25) is 5.01 Å². The number of hydrogen-bond donors (Lipinski definition) is 0. The highest BCUT2D eigenvalue weighted by atomic mass is 16.3. The molecule has 1 atom stereocenters. The van der Waals surface area contributed by atoms with Gasteiger partial charge in [-0.2, -0.15) is 0 Å². The monoisotopic (exact) mass is 195 g/mol. The van der Waals surface area contributed by atoms with Crippen LogP contribution in [0.15, 0.2) is 33.9 Å². The topological polar surface area (TPSA) is 48.0 Å². The van der Waals surface area contributed by atoms with Crippen LogP contribution in [0.3, 0.4) is 0 Å². The largest absolute Gasteiger partial charge is 0.285 e. The van der Waals surface area contributed by atoms with E-state index in [4.69, 9.17) is 0 Å². The summed E-state index contributed by atoms with van der Waals surface area (Å²) >= 11 is 0. The molecule has 14 heavy (non-hydrogen) atoms. The first-order valence-corrected chi connectivity index (χ1v) is 4.46. The highest BCUT2D eigenvalue weighted by Gasteiger charge is 2.25. The van der Waals surface area contributed by atoms with E-state index < -0.39 is 0 Å². The van der Waals surface area contributed by atoms with Gasteiger partial charge in [-0.05, 0) is 6.92 Å². The summed E-state index contributed by atoms with van der Waals surface area (Å²) in [6.07, 6.45) is 3.15. The smallest absolute Gasteiger partial charge is 0.228 e. The fraction of sp³-hybridized carbons (Fsp3) is 0.556. The van der Waals surface area contributed by atoms with Crippen LogP contribution in [-0.2, 0) is 0 Å². The van der Waals surface area contributed by atoms with Gasteiger partial charge >= 0.3 is 0 Å². The third-order valence-electron chi connectivity index (χ3n) is 2.12. The van der Waals surface area contributed by atoms with Crippen molar-refractivity contribution in [3.05, 3.63) is 28.5 Å². The Morgan fingerprint density at radius 3 is 2.71 bits per heavy atom. The Kier molecular flexibility index (Phi) is 3.11. The molecule has 0 aliphatic carbocycles. The molecule has 0 N–H and O–H groups in total. The van der Waals surface area contributed by atoms with Crippen molar-refractivity contribution in [2.75, 3.05) is 14.1 Å². The summed E-state index contributed by atoms with van der Waals surface area (Å²) in [5, 5.41) is 9.53. The zero-order valence-corrected chi connectivity index (χ0v) is 8.93. The lowest BCUT2D eigenvalue weighted by Gasteiger charge is -2.08. The summed E-state index contributed by atoms with van der Waals surface area (Å²) in [6.45, 7) is 3.74. The van der Waals surface area contributed by atoms with Crippen LogP contribution in [0.5, 0.6) is 0 Å². The van der Waals surface area contributed by atoms with Crippen LogP contribution >= 0.6 is 0 Å². The summed E-state index contributed by atoms with van der Waals surface area (Å²) in [6, 6.07) is -0.156. The summed E-state index contributed by atoms with van der Waals surface area (Å²) in [5.74, 6) is 0. The second kappa shape index (κ2) is 4.13. The normalized spacial score (nSPS) is 22.3. The maximum absolute atomic E-state index is 11.2. The molecule has 0 aromatic rings. The summed E-state index contributed by atoms with van der Waals surface area (Å²) < 4.78 is 0.907. The Balaban J connectivity index is 2.89. The van der Waals surface area contributed by atoms with Crippen LogP contribution in [0.4, 0.5) is 0 Å². The fourth-order valence-electron chi connectivity index (χ4n) is 1.06. The third kappa shape index (κ3) is 2.25. The highest BCUT2D eigenvalue weighted by Crippen LogP contribution is 2.19. The predicted octanol–water partition coefficient (Wildman–Crippen LogP) is 1.88. The molecule has 0 aromatic carbocycles. The van der Waals surface area contributed by atoms with E-state index in [2.05, 4.69) is 10.3 Å². The molecular weight excluding hydrogens is 180 g/mol. The number of nitrogens with zero attached hydrogens (tertiary/aromatic N) is 4. The molecule has 5 heteroatoms. The van der Waals surface area contributed by atoms with Crippen molar-refractivity contribution < 1.29 is 4.76 Å². The van der Waals surface area contributed by atoms with Gasteiger partial charge in [0.15, 0.2) is 0 Å². The molecule has 0 bridgehead atoms. The molecule has 0 saturated heterocycles. The standard InChI is InChI=1S/C9H15N4O/c1-7-8(2)13(14)6-5-9(7)10-11-12(3)4/h5-6,8H,1-4H3/q+1. The van der Waals surface area contributed by atoms with Gasteiger partial charge in [0.05, 0.1) is 5.70 Å². The molecule has 0 radical (unpaired) electrons. The van der Waals surface area contributed by atoms with E-state index in [9.17, 15) is 4.91 Å². The Morgan fingerprint density at radius 1 is 1.50 bits per heavy atom. The molecule has 1 rings (SSSR count). The minimum absolute atomic E-state index is 0.156. The van der Waals surface area contributed by atoms with Crippen molar-refractivity contribution in [1.82, 2.24) is 5.01 Å². The minimum Gasteiger partial charge on any atom is -0.285 e. The van der Waals surface area contributed by atoms with E-state index in [-0.39, 0.29) is 6.04 Å². The molecular formula is C9H15N4O+. The van der Waals surface area contributed by atoms with Gasteiger partial charge in [-0.1, -0.05) is 5.22 Å². The molecule has 0 amide bonds. The quantitative estimate of drug-likeness (QED) is 0.383. The van der Waals surface area contributed by atoms with E-state index in [1.54, 1.807) is 25.2 Å². The Hall–Kier alpha value is -1.52. The van der Waals surface area contributed by atoms with E-state index in [1.165, 1.54) is 6.20 Å². The molecule has 0 spiro atoms. The first-order chi connectivity index (χ1) is 6.52. The van der Waals surface area contributed by atoms with Gasteiger partial charge in [0, 0.05) is 42.3 Å². The van der Waals surface area contributed by atoms with Crippen molar-refractivity contribution in [3.8, 4) is 0 Å². The second-order valence-corrected chi connectivity index (χ2v) is 3.46. The summed E-state index contributed by atoms with van der Waals surface area (Å²) in [7, 11) is 3.60. The lowest BCUT2D eigenvalue weighted by molar-refractivity contribution is -0.508. The fourth-order valence-corrected chi connectivity index (χ4v) is 1.06. The molecule has 1 unspecified atom stereocenters. The zero-order valence-electron chi connectivity index (χ0n) is 8.93. The first kappa shape index (κ1) is 10.6. The Bertz CT molecular complexity index is 328. The van der Waals surface area contributed by atoms with Crippen LogP contribution in [-0.4, -0.2) is 29.9 Å². The Morgan fingerprint density at radius 2 is 2.14 bits per heavy atom. The summed E-state index contributed by atoms with van der Waals surface area (Å²) in [4.78, 5) is 11.2. The zero-order chi connectivity index (χ0) is 10.7. The van der Waals surface area contributed by atoms with Crippen LogP contribution < -0.4 is 0 Å². The number of rotatable bonds is 2. The van der Waals surface area contributed by atoms with Crippen LogP contribution in [0.1, 0.15) is 13.8 Å². The molecule has 0 saturated carbocycles. The second-order valence-electron chi connectivity index (χ2n) is 3.46. The van der Waals surface area contributed by atoms with Crippen LogP contribution in [0.2, 0.25) is 0 Å². The van der Waals surface area contributed by atoms with Crippen LogP contribution in [0, 0.1) is 4.91 Å². The van der Waals surface area contributed by atoms with Gasteiger partial charge in [0.25, 0.3) is 0 Å². The van der Waals surface area contributed by atoms with E-state index >= 15 is 0 Å². The lowest BCUT2D eigenvalue weighted by Crippen LogP contribution is -2.20. The maximum Gasteiger partial charge on any atom is 0.228 e. The first-order valence-electron chi connectivity index (χ1n) is 4.46. The number of nitroso groups, excluding NO2 is 1. The molecule has 0 aromatic heterocycles. The highest BCUT2D eigenvalue weighted by molar-refractivity contribution is 5.26. The molecule has 0 fully saturated rings. The summed E-state index contributed by atoms with van der Waals surface area (Å²) in [5.41, 5.74) is 1.70. The SMILES string of the molecule is CC1=C(N=NN(C)C)C=C[N+](=O)C1C. The average molecular weight is 195 g/mol. The molecule has 1 aliphatic heterocycles. The van der Waals surface area contributed by atoms with Crippen molar-refractivity contribution >= 4 is 0 Å². The van der Waals surface area contributed by atoms with Gasteiger partial charge in [0.2, 0.25) is 12.2 Å². The third-order valence-corrected chi connectivity index (χ3v) is 2.12. The number of hydrogen-bond acceptors (Lipinski definition) is 3.